The van der Waals surface area contributed by atoms with E-state index in [-0.39, 0.29) is 5.54 Å². The van der Waals surface area contributed by atoms with E-state index in [2.05, 4.69) is 41.0 Å². The summed E-state index contributed by atoms with van der Waals surface area (Å²) in [4.78, 5) is 2.60. The van der Waals surface area contributed by atoms with E-state index in [1.54, 1.807) is 0 Å². The Labute approximate surface area is 122 Å². The van der Waals surface area contributed by atoms with Crippen LogP contribution in [0.2, 0.25) is 0 Å². The van der Waals surface area contributed by atoms with Crippen LogP contribution in [0.15, 0.2) is 12.3 Å². The highest BCUT2D eigenvalue weighted by Gasteiger charge is 2.32. The lowest BCUT2D eigenvalue weighted by atomic mass is 9.94. The molecule has 1 aromatic heterocycles. The third-order valence-corrected chi connectivity index (χ3v) is 5.30. The molecule has 3 rings (SSSR count). The minimum atomic E-state index is 0.273. The lowest BCUT2D eigenvalue weighted by Crippen LogP contribution is -2.58. The van der Waals surface area contributed by atoms with Crippen LogP contribution in [0.4, 0.5) is 0 Å². The second-order valence-corrected chi connectivity index (χ2v) is 6.67. The molecule has 1 saturated carbocycles. The van der Waals surface area contributed by atoms with Crippen LogP contribution in [0, 0.1) is 0 Å². The number of rotatable bonds is 4. The smallest absolute Gasteiger partial charge is 0.0765 e. The summed E-state index contributed by atoms with van der Waals surface area (Å²) >= 11 is 0. The molecule has 1 saturated heterocycles. The van der Waals surface area contributed by atoms with Gasteiger partial charge < -0.3 is 5.32 Å². The second kappa shape index (κ2) is 5.86. The fraction of sp³-hybridized carbons (Fsp3) is 0.812. The van der Waals surface area contributed by atoms with E-state index in [4.69, 9.17) is 5.10 Å². The fourth-order valence-electron chi connectivity index (χ4n) is 3.60. The van der Waals surface area contributed by atoms with E-state index in [0.717, 1.165) is 26.2 Å². The molecule has 0 spiro atoms. The maximum Gasteiger partial charge on any atom is 0.0765 e. The van der Waals surface area contributed by atoms with Gasteiger partial charge in [0.25, 0.3) is 0 Å². The largest absolute Gasteiger partial charge is 0.314 e. The monoisotopic (exact) mass is 276 g/mol. The predicted octanol–water partition coefficient (Wildman–Crippen LogP) is 2.57. The first-order valence-electron chi connectivity index (χ1n) is 8.21. The van der Waals surface area contributed by atoms with Crippen molar-refractivity contribution in [2.24, 2.45) is 0 Å². The van der Waals surface area contributed by atoms with Crippen molar-refractivity contribution in [1.29, 1.82) is 0 Å². The highest BCUT2D eigenvalue weighted by molar-refractivity contribution is 5.03. The van der Waals surface area contributed by atoms with Gasteiger partial charge in [-0.3, -0.25) is 9.58 Å². The van der Waals surface area contributed by atoms with E-state index in [1.165, 1.54) is 37.8 Å². The zero-order valence-electron chi connectivity index (χ0n) is 12.9. The average molecular weight is 276 g/mol. The van der Waals surface area contributed by atoms with E-state index in [0.29, 0.717) is 6.04 Å². The van der Waals surface area contributed by atoms with Crippen molar-refractivity contribution in [3.05, 3.63) is 18.0 Å². The summed E-state index contributed by atoms with van der Waals surface area (Å²) in [5, 5.41) is 8.37. The molecule has 0 bridgehead atoms. The molecule has 4 nitrogen and oxygen atoms in total. The molecule has 1 aromatic rings. The topological polar surface area (TPSA) is 33.1 Å². The molecular weight excluding hydrogens is 248 g/mol. The van der Waals surface area contributed by atoms with Gasteiger partial charge in [-0.1, -0.05) is 19.8 Å². The number of nitrogens with one attached hydrogen (secondary N) is 1. The van der Waals surface area contributed by atoms with Crippen LogP contribution in [0.25, 0.3) is 0 Å². The highest BCUT2D eigenvalue weighted by atomic mass is 15.3. The third kappa shape index (κ3) is 2.77. The van der Waals surface area contributed by atoms with Crippen LogP contribution in [0.1, 0.15) is 57.7 Å². The van der Waals surface area contributed by atoms with Crippen LogP contribution in [-0.2, 0) is 6.54 Å². The molecular formula is C16H28N4. The Kier molecular flexibility index (Phi) is 4.13. The number of nitrogens with zero attached hydrogens (tertiary/aromatic N) is 3. The van der Waals surface area contributed by atoms with Crippen molar-refractivity contribution in [2.75, 3.05) is 19.6 Å². The lowest BCUT2D eigenvalue weighted by molar-refractivity contribution is 0.0623. The van der Waals surface area contributed by atoms with Crippen molar-refractivity contribution >= 4 is 0 Å². The van der Waals surface area contributed by atoms with Gasteiger partial charge in [0.05, 0.1) is 11.7 Å². The first-order chi connectivity index (χ1) is 9.71. The molecule has 0 amide bonds. The first-order valence-corrected chi connectivity index (χ1v) is 8.21. The number of aromatic nitrogens is 2. The predicted molar refractivity (Wildman–Crippen MR) is 81.7 cm³/mol. The van der Waals surface area contributed by atoms with Gasteiger partial charge in [-0.25, -0.2) is 0 Å². The van der Waals surface area contributed by atoms with Crippen LogP contribution in [-0.4, -0.2) is 39.9 Å². The lowest BCUT2D eigenvalue weighted by Gasteiger charge is -2.44. The second-order valence-electron chi connectivity index (χ2n) is 6.67. The van der Waals surface area contributed by atoms with E-state index in [9.17, 15) is 0 Å². The van der Waals surface area contributed by atoms with Crippen molar-refractivity contribution < 1.29 is 0 Å². The molecule has 1 aliphatic carbocycles. The van der Waals surface area contributed by atoms with Crippen LogP contribution < -0.4 is 5.32 Å². The first kappa shape index (κ1) is 14.1. The maximum absolute atomic E-state index is 4.84. The minimum absolute atomic E-state index is 0.273. The van der Waals surface area contributed by atoms with Crippen molar-refractivity contribution in [2.45, 2.75) is 64.1 Å². The molecule has 1 N–H and O–H groups in total. The Bertz CT molecular complexity index is 435. The summed E-state index contributed by atoms with van der Waals surface area (Å²) in [6.07, 6.45) is 8.72. The van der Waals surface area contributed by atoms with Gasteiger partial charge >= 0.3 is 0 Å². The summed E-state index contributed by atoms with van der Waals surface area (Å²) in [6, 6.07) is 2.88. The molecule has 20 heavy (non-hydrogen) atoms. The quantitative estimate of drug-likeness (QED) is 0.917. The van der Waals surface area contributed by atoms with Crippen LogP contribution in [0.3, 0.4) is 0 Å². The van der Waals surface area contributed by atoms with E-state index in [1.807, 2.05) is 0 Å². The summed E-state index contributed by atoms with van der Waals surface area (Å²) in [7, 11) is 0. The molecule has 1 atom stereocenters. The van der Waals surface area contributed by atoms with Gasteiger partial charge in [0.1, 0.15) is 0 Å². The molecule has 1 unspecified atom stereocenters. The average Bonchev–Trinajstić information content (AvgIpc) is 3.12. The van der Waals surface area contributed by atoms with Crippen molar-refractivity contribution in [3.8, 4) is 0 Å². The van der Waals surface area contributed by atoms with Gasteiger partial charge in [0, 0.05) is 37.9 Å². The summed E-state index contributed by atoms with van der Waals surface area (Å²) in [5.41, 5.74) is 1.51. The summed E-state index contributed by atoms with van der Waals surface area (Å²) < 4.78 is 2.22. The zero-order chi connectivity index (χ0) is 14.0. The van der Waals surface area contributed by atoms with E-state index < -0.39 is 0 Å². The standard InChI is InChI=1S/C16H28N4/c1-3-16(2)13-17-9-11-19(16)12-14-8-10-20(18-14)15-6-4-5-7-15/h8,10,15,17H,3-7,9,11-13H2,1-2H3. The Morgan fingerprint density at radius 2 is 2.20 bits per heavy atom. The molecule has 4 heteroatoms. The SMILES string of the molecule is CCC1(C)CNCCN1Cc1ccn(C2CCCC2)n1. The number of piperazine rings is 1. The van der Waals surface area contributed by atoms with Gasteiger partial charge in [-0.2, -0.15) is 5.10 Å². The fourth-order valence-corrected chi connectivity index (χ4v) is 3.60. The van der Waals surface area contributed by atoms with Crippen LogP contribution >= 0.6 is 0 Å². The Morgan fingerprint density at radius 1 is 1.40 bits per heavy atom. The minimum Gasteiger partial charge on any atom is -0.314 e. The highest BCUT2D eigenvalue weighted by Crippen LogP contribution is 2.29. The Hall–Kier alpha value is -0.870. The molecule has 2 aliphatic rings. The van der Waals surface area contributed by atoms with Gasteiger partial charge in [-0.05, 0) is 32.3 Å². The van der Waals surface area contributed by atoms with E-state index >= 15 is 0 Å². The molecule has 112 valence electrons. The van der Waals surface area contributed by atoms with Gasteiger partial charge in [0.15, 0.2) is 0 Å². The Balaban J connectivity index is 1.67. The van der Waals surface area contributed by atoms with Crippen molar-refractivity contribution in [1.82, 2.24) is 20.0 Å². The van der Waals surface area contributed by atoms with Crippen molar-refractivity contribution in [3.63, 3.8) is 0 Å². The maximum atomic E-state index is 4.84. The Morgan fingerprint density at radius 3 is 2.95 bits per heavy atom. The van der Waals surface area contributed by atoms with Gasteiger partial charge in [-0.15, -0.1) is 0 Å². The molecule has 2 heterocycles. The third-order valence-electron chi connectivity index (χ3n) is 5.30. The summed E-state index contributed by atoms with van der Waals surface area (Å²) in [5.74, 6) is 0. The summed E-state index contributed by atoms with van der Waals surface area (Å²) in [6.45, 7) is 8.96. The molecule has 0 radical (unpaired) electrons. The molecule has 1 aliphatic heterocycles. The molecule has 2 fully saturated rings. The normalized spacial score (nSPS) is 29.1. The zero-order valence-corrected chi connectivity index (χ0v) is 12.9. The molecule has 0 aromatic carbocycles. The van der Waals surface area contributed by atoms with Gasteiger partial charge in [0.2, 0.25) is 0 Å². The number of hydrogen-bond acceptors (Lipinski definition) is 3. The number of hydrogen-bond donors (Lipinski definition) is 1. The van der Waals surface area contributed by atoms with Crippen LogP contribution in [0.5, 0.6) is 0 Å².